The van der Waals surface area contributed by atoms with Crippen LogP contribution in [0.1, 0.15) is 32.7 Å². The van der Waals surface area contributed by atoms with E-state index in [2.05, 4.69) is 14.8 Å². The number of aromatic nitrogens is 2. The molecular formula is C25H18F3N5O2. The van der Waals surface area contributed by atoms with Crippen molar-refractivity contribution in [1.82, 2.24) is 14.9 Å². The van der Waals surface area contributed by atoms with Crippen LogP contribution in [0.4, 0.5) is 24.7 Å². The van der Waals surface area contributed by atoms with Crippen molar-refractivity contribution in [3.63, 3.8) is 0 Å². The number of ether oxygens (including phenoxy) is 1. The van der Waals surface area contributed by atoms with Gasteiger partial charge < -0.3 is 20.4 Å². The number of nitrogen functional groups attached to an aromatic ring is 1. The van der Waals surface area contributed by atoms with Gasteiger partial charge in [-0.1, -0.05) is 18.2 Å². The molecule has 10 heteroatoms. The van der Waals surface area contributed by atoms with Crippen LogP contribution in [-0.2, 0) is 31.0 Å². The third kappa shape index (κ3) is 4.06. The number of hydrogen-bond donors (Lipinski definition) is 2. The smallest absolute Gasteiger partial charge is 0.270 e. The van der Waals surface area contributed by atoms with Gasteiger partial charge >= 0.3 is 0 Å². The van der Waals surface area contributed by atoms with Crippen molar-refractivity contribution >= 4 is 28.4 Å². The van der Waals surface area contributed by atoms with Gasteiger partial charge in [0, 0.05) is 28.8 Å². The van der Waals surface area contributed by atoms with E-state index in [4.69, 9.17) is 17.0 Å². The fourth-order valence-electron chi connectivity index (χ4n) is 4.14. The predicted molar refractivity (Wildman–Crippen MR) is 122 cm³/mol. The number of nitrogens with two attached hydrogens (primary N) is 1. The zero-order valence-corrected chi connectivity index (χ0v) is 18.2. The molecule has 0 saturated carbocycles. The quantitative estimate of drug-likeness (QED) is 0.397. The topological polar surface area (TPSA) is 88.6 Å². The summed E-state index contributed by atoms with van der Waals surface area (Å²) in [6.07, 6.45) is 0. The van der Waals surface area contributed by atoms with Gasteiger partial charge in [0.05, 0.1) is 37.4 Å². The number of hydrogen-bond acceptors (Lipinski definition) is 4. The van der Waals surface area contributed by atoms with Gasteiger partial charge in [-0.2, -0.15) is 0 Å². The average molecular weight is 477 g/mol. The van der Waals surface area contributed by atoms with Crippen LogP contribution in [0, 0.1) is 24.0 Å². The molecule has 0 bridgehead atoms. The zero-order chi connectivity index (χ0) is 24.7. The summed E-state index contributed by atoms with van der Waals surface area (Å²) in [4.78, 5) is 25.2. The SMILES string of the molecule is [C-]#[N+]c1ccc(CN(Cc2c(F)cccc2F)C(=O)c2cc3nc(N)c4c(c3[nH]2)COC4)c(F)c1. The van der Waals surface area contributed by atoms with Crippen molar-refractivity contribution < 1.29 is 22.7 Å². The summed E-state index contributed by atoms with van der Waals surface area (Å²) < 4.78 is 49.0. The summed E-state index contributed by atoms with van der Waals surface area (Å²) in [5, 5.41) is 0. The number of pyridine rings is 1. The molecule has 1 aliphatic rings. The molecule has 176 valence electrons. The normalized spacial score (nSPS) is 12.5. The Hall–Kier alpha value is -4.36. The Balaban J connectivity index is 1.55. The lowest BCUT2D eigenvalue weighted by Gasteiger charge is -2.23. The number of anilines is 1. The molecule has 0 radical (unpaired) electrons. The highest BCUT2D eigenvalue weighted by Crippen LogP contribution is 2.31. The highest BCUT2D eigenvalue weighted by Gasteiger charge is 2.26. The maximum Gasteiger partial charge on any atom is 0.270 e. The standard InChI is InChI=1S/C25H18F3N5O2/c1-30-14-6-5-13(20(28)7-14)9-33(10-15-18(26)3-2-4-19(15)27)25(34)22-8-21-23(31-22)16-11-35-12-17(16)24(29)32-21/h2-8,31H,9-12H2,(H2,29,32). The summed E-state index contributed by atoms with van der Waals surface area (Å²) in [5.41, 5.74) is 8.54. The first-order chi connectivity index (χ1) is 16.9. The molecule has 35 heavy (non-hydrogen) atoms. The van der Waals surface area contributed by atoms with Crippen molar-refractivity contribution in [3.8, 4) is 0 Å². The molecular weight excluding hydrogens is 459 g/mol. The second-order valence-corrected chi connectivity index (χ2v) is 8.14. The highest BCUT2D eigenvalue weighted by atomic mass is 19.1. The highest BCUT2D eigenvalue weighted by molar-refractivity contribution is 5.98. The van der Waals surface area contributed by atoms with Crippen LogP contribution in [-0.4, -0.2) is 20.8 Å². The fraction of sp³-hybridized carbons (Fsp3) is 0.160. The first kappa shape index (κ1) is 22.4. The molecule has 4 aromatic rings. The second kappa shape index (κ2) is 8.77. The minimum absolute atomic E-state index is 0.0928. The zero-order valence-electron chi connectivity index (χ0n) is 18.2. The predicted octanol–water partition coefficient (Wildman–Crippen LogP) is 4.99. The minimum Gasteiger partial charge on any atom is -0.383 e. The molecule has 0 saturated heterocycles. The number of rotatable bonds is 5. The Morgan fingerprint density at radius 3 is 2.54 bits per heavy atom. The van der Waals surface area contributed by atoms with E-state index in [-0.39, 0.29) is 29.1 Å². The van der Waals surface area contributed by atoms with Crippen LogP contribution in [0.5, 0.6) is 0 Å². The van der Waals surface area contributed by atoms with Crippen molar-refractivity contribution in [1.29, 1.82) is 0 Å². The van der Waals surface area contributed by atoms with Gasteiger partial charge in [-0.05, 0) is 24.3 Å². The maximum atomic E-state index is 14.6. The fourth-order valence-corrected chi connectivity index (χ4v) is 4.14. The minimum atomic E-state index is -0.826. The molecule has 2 aromatic carbocycles. The molecule has 3 heterocycles. The van der Waals surface area contributed by atoms with Crippen LogP contribution < -0.4 is 5.73 Å². The van der Waals surface area contributed by atoms with E-state index in [1.807, 2.05) is 0 Å². The van der Waals surface area contributed by atoms with Gasteiger partial charge in [-0.25, -0.2) is 23.0 Å². The third-order valence-corrected chi connectivity index (χ3v) is 5.96. The molecule has 1 amide bonds. The van der Waals surface area contributed by atoms with Crippen LogP contribution >= 0.6 is 0 Å². The van der Waals surface area contributed by atoms with Gasteiger partial charge in [-0.15, -0.1) is 0 Å². The first-order valence-corrected chi connectivity index (χ1v) is 10.6. The Bertz CT molecular complexity index is 1510. The first-order valence-electron chi connectivity index (χ1n) is 10.6. The number of carbonyl (C=O) groups is 1. The molecule has 5 rings (SSSR count). The number of nitrogens with one attached hydrogen (secondary N) is 1. The Kier molecular flexibility index (Phi) is 5.62. The lowest BCUT2D eigenvalue weighted by Crippen LogP contribution is -2.31. The summed E-state index contributed by atoms with van der Waals surface area (Å²) >= 11 is 0. The van der Waals surface area contributed by atoms with Crippen LogP contribution in [0.3, 0.4) is 0 Å². The Labute approximate surface area is 197 Å². The number of benzene rings is 2. The van der Waals surface area contributed by atoms with Crippen molar-refractivity contribution in [2.75, 3.05) is 5.73 Å². The van der Waals surface area contributed by atoms with E-state index in [1.54, 1.807) is 0 Å². The van der Waals surface area contributed by atoms with Gasteiger partial charge in [0.25, 0.3) is 5.91 Å². The second-order valence-electron chi connectivity index (χ2n) is 8.14. The van der Waals surface area contributed by atoms with Crippen molar-refractivity contribution in [3.05, 3.63) is 99.3 Å². The lowest BCUT2D eigenvalue weighted by atomic mass is 10.1. The third-order valence-electron chi connectivity index (χ3n) is 5.96. The van der Waals surface area contributed by atoms with E-state index in [0.717, 1.165) is 34.2 Å². The number of carbonyl (C=O) groups excluding carboxylic acids is 1. The Morgan fingerprint density at radius 2 is 1.83 bits per heavy atom. The Morgan fingerprint density at radius 1 is 1.09 bits per heavy atom. The summed E-state index contributed by atoms with van der Waals surface area (Å²) in [6, 6.07) is 8.73. The molecule has 0 spiro atoms. The van der Waals surface area contributed by atoms with Gasteiger partial charge in [-0.3, -0.25) is 4.79 Å². The maximum absolute atomic E-state index is 14.6. The number of halogens is 3. The van der Waals surface area contributed by atoms with Crippen molar-refractivity contribution in [2.24, 2.45) is 0 Å². The van der Waals surface area contributed by atoms with Crippen molar-refractivity contribution in [2.45, 2.75) is 26.3 Å². The number of nitrogens with zero attached hydrogens (tertiary/aromatic N) is 3. The van der Waals surface area contributed by atoms with Gasteiger partial charge in [0.2, 0.25) is 0 Å². The van der Waals surface area contributed by atoms with E-state index >= 15 is 0 Å². The van der Waals surface area contributed by atoms with Crippen LogP contribution in [0.25, 0.3) is 15.9 Å². The molecule has 7 nitrogen and oxygen atoms in total. The average Bonchev–Trinajstić information content (AvgIpc) is 3.49. The van der Waals surface area contributed by atoms with Gasteiger partial charge in [0.1, 0.15) is 29.0 Å². The molecule has 0 atom stereocenters. The summed E-state index contributed by atoms with van der Waals surface area (Å²) in [5.74, 6) is -2.67. The monoisotopic (exact) mass is 477 g/mol. The van der Waals surface area contributed by atoms with Gasteiger partial charge in [0.15, 0.2) is 5.69 Å². The number of amides is 1. The van der Waals surface area contributed by atoms with E-state index in [1.165, 1.54) is 24.3 Å². The van der Waals surface area contributed by atoms with E-state index in [9.17, 15) is 18.0 Å². The summed E-state index contributed by atoms with van der Waals surface area (Å²) in [7, 11) is 0. The molecule has 3 N–H and O–H groups in total. The molecule has 1 aliphatic heterocycles. The van der Waals surface area contributed by atoms with Crippen LogP contribution in [0.2, 0.25) is 0 Å². The summed E-state index contributed by atoms with van der Waals surface area (Å²) in [6.45, 7) is 6.90. The molecule has 0 unspecified atom stereocenters. The molecule has 0 fully saturated rings. The molecule has 0 aliphatic carbocycles. The van der Waals surface area contributed by atoms with Crippen LogP contribution in [0.15, 0.2) is 42.5 Å². The largest absolute Gasteiger partial charge is 0.383 e. The lowest BCUT2D eigenvalue weighted by molar-refractivity contribution is 0.0720. The number of H-pyrrole nitrogens is 1. The van der Waals surface area contributed by atoms with E-state index in [0.29, 0.717) is 30.1 Å². The number of fused-ring (bicyclic) bond motifs is 3. The molecule has 2 aromatic heterocycles. The van der Waals surface area contributed by atoms with E-state index < -0.39 is 29.9 Å². The number of aromatic amines is 1.